The van der Waals surface area contributed by atoms with Gasteiger partial charge in [-0.1, -0.05) is 6.07 Å². The maximum absolute atomic E-state index is 11.4. The van der Waals surface area contributed by atoms with Gasteiger partial charge in [0.05, 0.1) is 11.3 Å². The number of nitriles is 1. The van der Waals surface area contributed by atoms with Crippen LogP contribution in [0.15, 0.2) is 34.0 Å². The quantitative estimate of drug-likeness (QED) is 0.697. The molecule has 2 aromatic heterocycles. The lowest BCUT2D eigenvalue weighted by atomic mass is 10.2. The van der Waals surface area contributed by atoms with E-state index in [0.717, 1.165) is 0 Å². The molecule has 0 aliphatic heterocycles. The van der Waals surface area contributed by atoms with E-state index in [1.807, 2.05) is 6.07 Å². The van der Waals surface area contributed by atoms with Crippen molar-refractivity contribution in [2.75, 3.05) is 0 Å². The van der Waals surface area contributed by atoms with Gasteiger partial charge in [-0.3, -0.25) is 9.78 Å². The van der Waals surface area contributed by atoms with Crippen LogP contribution in [0.5, 0.6) is 0 Å². The summed E-state index contributed by atoms with van der Waals surface area (Å²) in [5.74, 6) is 0. The molecule has 0 spiro atoms. The van der Waals surface area contributed by atoms with E-state index in [2.05, 4.69) is 15.0 Å². The van der Waals surface area contributed by atoms with Crippen molar-refractivity contribution in [3.05, 3.63) is 50.9 Å². The fourth-order valence-electron chi connectivity index (χ4n) is 1.25. The van der Waals surface area contributed by atoms with Gasteiger partial charge in [0.1, 0.15) is 11.8 Å². The first kappa shape index (κ1) is 9.86. The van der Waals surface area contributed by atoms with Crippen molar-refractivity contribution in [2.45, 2.75) is 0 Å². The number of rotatable bonds is 1. The minimum absolute atomic E-state index is 0.211. The molecule has 0 aliphatic rings. The number of nitrogens with one attached hydrogen (secondary N) is 2. The molecule has 2 rings (SSSR count). The molecule has 0 saturated carbocycles. The van der Waals surface area contributed by atoms with Gasteiger partial charge < -0.3 is 4.98 Å². The van der Waals surface area contributed by atoms with Crippen LogP contribution in [0.3, 0.4) is 0 Å². The highest BCUT2D eigenvalue weighted by molar-refractivity contribution is 5.56. The molecule has 0 radical (unpaired) electrons. The van der Waals surface area contributed by atoms with Gasteiger partial charge in [-0.25, -0.2) is 9.78 Å². The predicted molar refractivity (Wildman–Crippen MR) is 55.6 cm³/mol. The molecular formula is C10H6N4O2. The van der Waals surface area contributed by atoms with Crippen molar-refractivity contribution in [1.29, 1.82) is 5.26 Å². The number of hydrogen-bond acceptors (Lipinski definition) is 4. The third-order valence-electron chi connectivity index (χ3n) is 1.96. The summed E-state index contributed by atoms with van der Waals surface area (Å²) in [6, 6.07) is 6.61. The lowest BCUT2D eigenvalue weighted by molar-refractivity contribution is 1.03. The van der Waals surface area contributed by atoms with Gasteiger partial charge >= 0.3 is 5.69 Å². The normalized spacial score (nSPS) is 9.69. The van der Waals surface area contributed by atoms with Gasteiger partial charge in [0.25, 0.3) is 5.56 Å². The Balaban J connectivity index is 2.64. The fourth-order valence-corrected chi connectivity index (χ4v) is 1.25. The molecule has 0 aromatic carbocycles. The average Bonchev–Trinajstić information content (AvgIpc) is 2.29. The predicted octanol–water partition coefficient (Wildman–Crippen LogP) is -0.00312. The topological polar surface area (TPSA) is 102 Å². The van der Waals surface area contributed by atoms with E-state index in [1.54, 1.807) is 12.1 Å². The third-order valence-corrected chi connectivity index (χ3v) is 1.96. The van der Waals surface area contributed by atoms with Crippen LogP contribution in [-0.2, 0) is 0 Å². The van der Waals surface area contributed by atoms with Crippen LogP contribution in [-0.4, -0.2) is 15.0 Å². The minimum Gasteiger partial charge on any atom is -0.313 e. The van der Waals surface area contributed by atoms with Crippen LogP contribution in [0.1, 0.15) is 5.69 Å². The van der Waals surface area contributed by atoms with Gasteiger partial charge in [0, 0.05) is 6.20 Å². The first-order valence-electron chi connectivity index (χ1n) is 4.40. The molecule has 6 nitrogen and oxygen atoms in total. The van der Waals surface area contributed by atoms with Crippen LogP contribution in [0.25, 0.3) is 11.3 Å². The number of hydrogen-bond donors (Lipinski definition) is 2. The van der Waals surface area contributed by atoms with Crippen molar-refractivity contribution < 1.29 is 0 Å². The zero-order valence-corrected chi connectivity index (χ0v) is 8.02. The van der Waals surface area contributed by atoms with Crippen LogP contribution in [0.4, 0.5) is 0 Å². The van der Waals surface area contributed by atoms with E-state index in [4.69, 9.17) is 5.26 Å². The molecule has 6 heteroatoms. The monoisotopic (exact) mass is 214 g/mol. The molecule has 16 heavy (non-hydrogen) atoms. The van der Waals surface area contributed by atoms with Crippen molar-refractivity contribution in [1.82, 2.24) is 15.0 Å². The highest BCUT2D eigenvalue weighted by Gasteiger charge is 2.05. The molecule has 0 unspecified atom stereocenters. The Morgan fingerprint density at radius 2 is 2.12 bits per heavy atom. The van der Waals surface area contributed by atoms with Crippen LogP contribution >= 0.6 is 0 Å². The summed E-state index contributed by atoms with van der Waals surface area (Å²) in [5, 5.41) is 8.67. The van der Waals surface area contributed by atoms with E-state index in [-0.39, 0.29) is 11.3 Å². The van der Waals surface area contributed by atoms with Crippen molar-refractivity contribution >= 4 is 0 Å². The van der Waals surface area contributed by atoms with Gasteiger partial charge in [0.2, 0.25) is 0 Å². The molecule has 0 bridgehead atoms. The molecule has 0 atom stereocenters. The second-order valence-corrected chi connectivity index (χ2v) is 3.01. The summed E-state index contributed by atoms with van der Waals surface area (Å²) in [7, 11) is 0. The highest BCUT2D eigenvalue weighted by Crippen LogP contribution is 2.10. The number of aromatic nitrogens is 3. The van der Waals surface area contributed by atoms with E-state index in [9.17, 15) is 9.59 Å². The molecule has 0 fully saturated rings. The molecule has 2 heterocycles. The van der Waals surface area contributed by atoms with Crippen molar-refractivity contribution in [3.63, 3.8) is 0 Å². The second kappa shape index (κ2) is 3.82. The van der Waals surface area contributed by atoms with Crippen LogP contribution in [0, 0.1) is 11.3 Å². The van der Waals surface area contributed by atoms with Crippen LogP contribution in [0.2, 0.25) is 0 Å². The number of nitrogens with zero attached hydrogens (tertiary/aromatic N) is 2. The standard InChI is InChI=1S/C10H6N4O2/c11-4-6-2-1-3-8(13-6)7-5-12-10(16)14-9(7)15/h1-3,5H,(H2,12,14,15,16). The highest BCUT2D eigenvalue weighted by atomic mass is 16.2. The summed E-state index contributed by atoms with van der Waals surface area (Å²) in [6.45, 7) is 0. The lowest BCUT2D eigenvalue weighted by Gasteiger charge is -1.98. The summed E-state index contributed by atoms with van der Waals surface area (Å²) < 4.78 is 0. The molecule has 2 N–H and O–H groups in total. The second-order valence-electron chi connectivity index (χ2n) is 3.01. The molecule has 78 valence electrons. The van der Waals surface area contributed by atoms with Gasteiger partial charge in [-0.05, 0) is 12.1 Å². The number of aromatic amines is 2. The van der Waals surface area contributed by atoms with Crippen molar-refractivity contribution in [2.24, 2.45) is 0 Å². The Bertz CT molecular complexity index is 678. The molecule has 0 aliphatic carbocycles. The van der Waals surface area contributed by atoms with Crippen LogP contribution < -0.4 is 11.2 Å². The van der Waals surface area contributed by atoms with E-state index in [0.29, 0.717) is 5.69 Å². The molecular weight excluding hydrogens is 208 g/mol. The van der Waals surface area contributed by atoms with Gasteiger partial charge in [-0.2, -0.15) is 5.26 Å². The molecule has 0 amide bonds. The Kier molecular flexibility index (Phi) is 2.36. The summed E-state index contributed by atoms with van der Waals surface area (Å²) in [6.07, 6.45) is 1.27. The molecule has 2 aromatic rings. The lowest BCUT2D eigenvalue weighted by Crippen LogP contribution is -2.22. The van der Waals surface area contributed by atoms with E-state index in [1.165, 1.54) is 12.3 Å². The Hall–Kier alpha value is -2.68. The average molecular weight is 214 g/mol. The summed E-state index contributed by atoms with van der Waals surface area (Å²) in [4.78, 5) is 30.6. The SMILES string of the molecule is N#Cc1cccc(-c2c[nH]c(=O)[nH]c2=O)n1. The largest absolute Gasteiger partial charge is 0.325 e. The molecule has 0 saturated heterocycles. The summed E-state index contributed by atoms with van der Waals surface area (Å²) >= 11 is 0. The number of pyridine rings is 1. The summed E-state index contributed by atoms with van der Waals surface area (Å²) in [5.41, 5.74) is -0.340. The Morgan fingerprint density at radius 1 is 1.31 bits per heavy atom. The maximum Gasteiger partial charge on any atom is 0.325 e. The first-order valence-corrected chi connectivity index (χ1v) is 4.40. The van der Waals surface area contributed by atoms with E-state index < -0.39 is 11.2 Å². The zero-order valence-electron chi connectivity index (χ0n) is 8.02. The first-order chi connectivity index (χ1) is 7.70. The smallest absolute Gasteiger partial charge is 0.313 e. The Morgan fingerprint density at radius 3 is 2.81 bits per heavy atom. The zero-order chi connectivity index (χ0) is 11.5. The third kappa shape index (κ3) is 1.74. The number of H-pyrrole nitrogens is 2. The minimum atomic E-state index is -0.579. The van der Waals surface area contributed by atoms with E-state index >= 15 is 0 Å². The van der Waals surface area contributed by atoms with Crippen molar-refractivity contribution in [3.8, 4) is 17.3 Å². The van der Waals surface area contributed by atoms with Gasteiger partial charge in [-0.15, -0.1) is 0 Å². The fraction of sp³-hybridized carbons (Fsp3) is 0. The Labute approximate surface area is 89.2 Å². The maximum atomic E-state index is 11.4. The van der Waals surface area contributed by atoms with Gasteiger partial charge in [0.15, 0.2) is 0 Å².